The molecule has 0 atom stereocenters. The van der Waals surface area contributed by atoms with Crippen molar-refractivity contribution in [3.05, 3.63) is 81.6 Å². The molecule has 1 saturated heterocycles. The maximum atomic E-state index is 14.2. The lowest BCUT2D eigenvalue weighted by Crippen LogP contribution is -2.26. The maximum absolute atomic E-state index is 14.2. The summed E-state index contributed by atoms with van der Waals surface area (Å²) in [5.74, 6) is -1.87. The van der Waals surface area contributed by atoms with E-state index < -0.39 is 12.5 Å². The lowest BCUT2D eigenvalue weighted by molar-refractivity contribution is 0.0257. The second kappa shape index (κ2) is 12.4. The van der Waals surface area contributed by atoms with Gasteiger partial charge < -0.3 is 14.7 Å². The molecule has 3 heterocycles. The van der Waals surface area contributed by atoms with Gasteiger partial charge in [-0.05, 0) is 29.8 Å². The highest BCUT2D eigenvalue weighted by Gasteiger charge is 2.40. The molecule has 0 radical (unpaired) electrons. The molecule has 0 amide bonds. The summed E-state index contributed by atoms with van der Waals surface area (Å²) in [7, 11) is 0. The summed E-state index contributed by atoms with van der Waals surface area (Å²) >= 11 is 8.75. The number of hydrogen-bond acceptors (Lipinski definition) is 8. The van der Waals surface area contributed by atoms with Gasteiger partial charge >= 0.3 is 0 Å². The van der Waals surface area contributed by atoms with Crippen molar-refractivity contribution in [1.29, 1.82) is 5.26 Å². The van der Waals surface area contributed by atoms with E-state index in [1.54, 1.807) is 36.4 Å². The molecule has 2 aromatic heterocycles. The van der Waals surface area contributed by atoms with E-state index in [9.17, 15) is 14.0 Å². The number of ether oxygens (including phenoxy) is 1. The second-order valence-corrected chi connectivity index (χ2v) is 11.4. The highest BCUT2D eigenvalue weighted by atomic mass is 35.5. The first-order chi connectivity index (χ1) is 19.8. The number of thiazole rings is 1. The van der Waals surface area contributed by atoms with Gasteiger partial charge in [0.25, 0.3) is 5.92 Å². The number of pyridine rings is 1. The highest BCUT2D eigenvalue weighted by Crippen LogP contribution is 2.46. The molecule has 1 aliphatic heterocycles. The Morgan fingerprint density at radius 1 is 1.17 bits per heavy atom. The molecule has 5 rings (SSSR count). The average molecular weight is 610 g/mol. The molecule has 0 unspecified atom stereocenters. The van der Waals surface area contributed by atoms with Crippen LogP contribution in [-0.4, -0.2) is 47.3 Å². The first kappa shape index (κ1) is 28.8. The summed E-state index contributed by atoms with van der Waals surface area (Å²) < 4.78 is 33.9. The number of anilines is 1. The normalized spacial score (nSPS) is 14.0. The Kier molecular flexibility index (Phi) is 8.71. The standard InChI is InChI=1S/C29H22ClF2N5O2S2/c1-34-25-24(18-4-8-22(9-5-18)39-13-12-38)23(14-33)28(36-26(25)37-11-10-29(31,32)17-37)41-16-21-15-40-27(35-21)19-2-6-20(30)7-3-19/h2-9,15,38H,10-13,16-17H2. The minimum Gasteiger partial charge on any atom is -0.491 e. The van der Waals surface area contributed by atoms with Gasteiger partial charge in [0.2, 0.25) is 5.69 Å². The highest BCUT2D eigenvalue weighted by molar-refractivity contribution is 7.98. The van der Waals surface area contributed by atoms with E-state index in [-0.39, 0.29) is 43.2 Å². The van der Waals surface area contributed by atoms with Crippen molar-refractivity contribution in [2.24, 2.45) is 0 Å². The molecule has 0 spiro atoms. The topological polar surface area (TPSA) is 86.6 Å². The Labute approximate surface area is 248 Å². The summed E-state index contributed by atoms with van der Waals surface area (Å²) in [4.78, 5) is 14.4. The van der Waals surface area contributed by atoms with Crippen LogP contribution in [0.25, 0.3) is 26.5 Å². The predicted octanol–water partition coefficient (Wildman–Crippen LogP) is 7.46. The number of nitriles is 1. The summed E-state index contributed by atoms with van der Waals surface area (Å²) in [6.45, 7) is 7.40. The van der Waals surface area contributed by atoms with Gasteiger partial charge in [-0.15, -0.1) is 11.3 Å². The predicted molar refractivity (Wildman–Crippen MR) is 157 cm³/mol. The van der Waals surface area contributed by atoms with E-state index in [1.807, 2.05) is 17.5 Å². The smallest absolute Gasteiger partial charge is 0.266 e. The molecule has 2 aromatic carbocycles. The molecule has 0 saturated carbocycles. The van der Waals surface area contributed by atoms with Crippen LogP contribution in [0.3, 0.4) is 0 Å². The van der Waals surface area contributed by atoms with Gasteiger partial charge in [0, 0.05) is 40.2 Å². The van der Waals surface area contributed by atoms with Crippen LogP contribution in [0.5, 0.6) is 5.75 Å². The van der Waals surface area contributed by atoms with Crippen molar-refractivity contribution in [3.8, 4) is 33.5 Å². The molecular formula is C29H22ClF2N5O2S2. The van der Waals surface area contributed by atoms with Gasteiger partial charge in [-0.25, -0.2) is 23.6 Å². The molecule has 0 aliphatic carbocycles. The van der Waals surface area contributed by atoms with Crippen LogP contribution < -0.4 is 9.64 Å². The lowest BCUT2D eigenvalue weighted by Gasteiger charge is -2.22. The quantitative estimate of drug-likeness (QED) is 0.156. The minimum absolute atomic E-state index is 0.0441. The molecule has 1 fully saturated rings. The number of aliphatic hydroxyl groups is 1. The average Bonchev–Trinajstić information content (AvgIpc) is 3.60. The monoisotopic (exact) mass is 609 g/mol. The van der Waals surface area contributed by atoms with E-state index in [4.69, 9.17) is 33.0 Å². The third-order valence-corrected chi connectivity index (χ3v) is 8.52. The van der Waals surface area contributed by atoms with E-state index in [1.165, 1.54) is 28.0 Å². The largest absolute Gasteiger partial charge is 0.491 e. The van der Waals surface area contributed by atoms with Crippen LogP contribution in [0.1, 0.15) is 17.7 Å². The number of alkyl halides is 2. The van der Waals surface area contributed by atoms with Gasteiger partial charge in [0.1, 0.15) is 34.3 Å². The van der Waals surface area contributed by atoms with Crippen LogP contribution in [-0.2, 0) is 5.75 Å². The Morgan fingerprint density at radius 3 is 2.54 bits per heavy atom. The molecule has 7 nitrogen and oxygen atoms in total. The zero-order chi connectivity index (χ0) is 29.0. The van der Waals surface area contributed by atoms with Crippen LogP contribution in [0, 0.1) is 17.9 Å². The van der Waals surface area contributed by atoms with Crippen LogP contribution >= 0.6 is 34.7 Å². The number of nitrogens with zero attached hydrogens (tertiary/aromatic N) is 5. The Hall–Kier alpha value is -3.74. The fourth-order valence-electron chi connectivity index (χ4n) is 4.40. The van der Waals surface area contributed by atoms with Crippen LogP contribution in [0.4, 0.5) is 20.3 Å². The van der Waals surface area contributed by atoms with Crippen molar-refractivity contribution in [2.45, 2.75) is 23.1 Å². The molecule has 12 heteroatoms. The number of halogens is 3. The third-order valence-electron chi connectivity index (χ3n) is 6.32. The molecule has 1 N–H and O–H groups in total. The number of hydrogen-bond donors (Lipinski definition) is 1. The number of benzene rings is 2. The first-order valence-corrected chi connectivity index (χ1v) is 14.7. The van der Waals surface area contributed by atoms with Gasteiger partial charge in [0.05, 0.1) is 31.0 Å². The molecule has 208 valence electrons. The van der Waals surface area contributed by atoms with Gasteiger partial charge in [-0.3, -0.25) is 0 Å². The molecular weight excluding hydrogens is 588 g/mol. The van der Waals surface area contributed by atoms with Gasteiger partial charge in [-0.2, -0.15) is 5.26 Å². The number of aromatic nitrogens is 2. The summed E-state index contributed by atoms with van der Waals surface area (Å²) in [6, 6.07) is 16.3. The zero-order valence-electron chi connectivity index (χ0n) is 21.5. The van der Waals surface area contributed by atoms with E-state index in [2.05, 4.69) is 15.9 Å². The summed E-state index contributed by atoms with van der Waals surface area (Å²) in [5.41, 5.74) is 2.82. The maximum Gasteiger partial charge on any atom is 0.266 e. The SMILES string of the molecule is [C-]#[N+]c1c(N2CCC(F)(F)C2)nc(SCc2csc(-c3ccc(Cl)cc3)n2)c(C#N)c1-c1ccc(OCCO)cc1. The second-order valence-electron chi connectivity index (χ2n) is 9.13. The Balaban J connectivity index is 1.53. The van der Waals surface area contributed by atoms with Crippen molar-refractivity contribution in [1.82, 2.24) is 9.97 Å². The first-order valence-electron chi connectivity index (χ1n) is 12.5. The van der Waals surface area contributed by atoms with Crippen molar-refractivity contribution >= 4 is 46.2 Å². The fourth-order valence-corrected chi connectivity index (χ4v) is 6.33. The molecule has 0 bridgehead atoms. The zero-order valence-corrected chi connectivity index (χ0v) is 23.9. The Bertz CT molecular complexity index is 1630. The minimum atomic E-state index is -2.90. The van der Waals surface area contributed by atoms with Gasteiger partial charge in [-0.1, -0.05) is 47.6 Å². The number of thioether (sulfide) groups is 1. The van der Waals surface area contributed by atoms with Gasteiger partial charge in [0.15, 0.2) is 0 Å². The van der Waals surface area contributed by atoms with E-state index in [0.29, 0.717) is 32.7 Å². The van der Waals surface area contributed by atoms with E-state index >= 15 is 0 Å². The Morgan fingerprint density at radius 2 is 1.90 bits per heavy atom. The van der Waals surface area contributed by atoms with Crippen molar-refractivity contribution in [2.75, 3.05) is 31.2 Å². The fraction of sp³-hybridized carbons (Fsp3) is 0.241. The number of aliphatic hydroxyl groups excluding tert-OH is 1. The summed E-state index contributed by atoms with van der Waals surface area (Å²) in [5, 5.41) is 23.0. The summed E-state index contributed by atoms with van der Waals surface area (Å²) in [6.07, 6.45) is -0.340. The third kappa shape index (κ3) is 6.45. The number of rotatable bonds is 9. The van der Waals surface area contributed by atoms with E-state index in [0.717, 1.165) is 16.3 Å². The van der Waals surface area contributed by atoms with Crippen LogP contribution in [0.2, 0.25) is 5.02 Å². The molecule has 41 heavy (non-hydrogen) atoms. The lowest BCUT2D eigenvalue weighted by atomic mass is 9.99. The van der Waals surface area contributed by atoms with Crippen molar-refractivity contribution < 1.29 is 18.6 Å². The molecule has 4 aromatic rings. The van der Waals surface area contributed by atoms with Crippen LogP contribution in [0.15, 0.2) is 58.9 Å². The molecule has 1 aliphatic rings. The van der Waals surface area contributed by atoms with Crippen molar-refractivity contribution in [3.63, 3.8) is 0 Å².